The minimum Gasteiger partial charge on any atom is -0.444 e. The number of nitrogens with zero attached hydrogens (tertiary/aromatic N) is 1. The van der Waals surface area contributed by atoms with Crippen molar-refractivity contribution in [1.82, 2.24) is 10.2 Å². The lowest BCUT2D eigenvalue weighted by Gasteiger charge is -2.35. The van der Waals surface area contributed by atoms with Crippen molar-refractivity contribution < 1.29 is 14.3 Å². The molecule has 1 aliphatic carbocycles. The van der Waals surface area contributed by atoms with Crippen molar-refractivity contribution in [2.24, 2.45) is 11.7 Å². The molecule has 3 rings (SSSR count). The van der Waals surface area contributed by atoms with Crippen LogP contribution in [0, 0.1) is 5.92 Å². The minimum absolute atomic E-state index is 0.0335. The number of carbonyl (C=O) groups excluding carboxylic acids is 2. The Morgan fingerprint density at radius 2 is 2.17 bits per heavy atom. The van der Waals surface area contributed by atoms with E-state index in [1.165, 1.54) is 0 Å². The predicted octanol–water partition coefficient (Wildman–Crippen LogP) is -0.180. The molecule has 0 unspecified atom stereocenters. The summed E-state index contributed by atoms with van der Waals surface area (Å²) in [4.78, 5) is 25.7. The molecule has 5 atom stereocenters. The number of carbonyl (C=O) groups is 2. The smallest absolute Gasteiger partial charge is 0.411 e. The van der Waals surface area contributed by atoms with Crippen LogP contribution in [0.15, 0.2) is 0 Å². The van der Waals surface area contributed by atoms with Crippen LogP contribution in [-0.4, -0.2) is 46.7 Å². The molecule has 3 N–H and O–H groups in total. The van der Waals surface area contributed by atoms with Gasteiger partial charge in [0.05, 0.1) is 12.1 Å². The molecule has 0 aromatic rings. The van der Waals surface area contributed by atoms with Gasteiger partial charge in [-0.05, 0) is 27.2 Å². The highest BCUT2D eigenvalue weighted by atomic mass is 16.6. The maximum absolute atomic E-state index is 12.2. The Kier molecular flexibility index (Phi) is 2.21. The molecule has 2 amide bonds. The number of hydrogen-bond donors (Lipinski definition) is 2. The molecule has 1 saturated carbocycles. The summed E-state index contributed by atoms with van der Waals surface area (Å²) in [6, 6.07) is -0.593. The van der Waals surface area contributed by atoms with Crippen molar-refractivity contribution in [3.63, 3.8) is 0 Å². The molecule has 0 spiro atoms. The molecule has 3 aliphatic rings. The van der Waals surface area contributed by atoms with Crippen molar-refractivity contribution in [2.45, 2.75) is 57.0 Å². The Balaban J connectivity index is 1.85. The average Bonchev–Trinajstić information content (AvgIpc) is 2.78. The SMILES string of the molecule is CC(C)(C)OC(=O)N1[C@H]2C[C@H]3[C@H](NC(=O)[C@@H]31)[C@@H]2N. The Morgan fingerprint density at radius 1 is 1.50 bits per heavy atom. The fourth-order valence-corrected chi connectivity index (χ4v) is 3.48. The van der Waals surface area contributed by atoms with E-state index in [9.17, 15) is 9.59 Å². The quantitative estimate of drug-likeness (QED) is 0.627. The number of nitrogens with two attached hydrogens (primary N) is 1. The maximum atomic E-state index is 12.2. The van der Waals surface area contributed by atoms with Crippen molar-refractivity contribution in [2.75, 3.05) is 0 Å². The van der Waals surface area contributed by atoms with E-state index in [1.807, 2.05) is 20.8 Å². The summed E-state index contributed by atoms with van der Waals surface area (Å²) in [5.74, 6) is 0.0660. The van der Waals surface area contributed by atoms with Gasteiger partial charge in [0.15, 0.2) is 0 Å². The van der Waals surface area contributed by atoms with Gasteiger partial charge in [0.25, 0.3) is 0 Å². The molecule has 100 valence electrons. The van der Waals surface area contributed by atoms with E-state index in [4.69, 9.17) is 10.5 Å². The van der Waals surface area contributed by atoms with Crippen molar-refractivity contribution in [1.29, 1.82) is 0 Å². The Morgan fingerprint density at radius 3 is 2.78 bits per heavy atom. The van der Waals surface area contributed by atoms with E-state index in [1.54, 1.807) is 4.90 Å². The first-order chi connectivity index (χ1) is 8.29. The molecule has 18 heavy (non-hydrogen) atoms. The third-order valence-electron chi connectivity index (χ3n) is 4.08. The molecular weight excluding hydrogens is 234 g/mol. The molecule has 0 radical (unpaired) electrons. The molecule has 0 aromatic heterocycles. The number of piperidine rings is 1. The predicted molar refractivity (Wildman–Crippen MR) is 63.7 cm³/mol. The minimum atomic E-state index is -0.558. The zero-order chi connectivity index (χ0) is 13.2. The van der Waals surface area contributed by atoms with Gasteiger partial charge < -0.3 is 15.8 Å². The highest BCUT2D eigenvalue weighted by Crippen LogP contribution is 2.46. The Bertz CT molecular complexity index is 417. The first-order valence-corrected chi connectivity index (χ1v) is 6.37. The van der Waals surface area contributed by atoms with Crippen LogP contribution in [0.3, 0.4) is 0 Å². The summed E-state index contributed by atoms with van der Waals surface area (Å²) in [5, 5.41) is 2.89. The van der Waals surface area contributed by atoms with Gasteiger partial charge >= 0.3 is 6.09 Å². The van der Waals surface area contributed by atoms with E-state index < -0.39 is 11.7 Å². The van der Waals surface area contributed by atoms with Crippen molar-refractivity contribution in [3.8, 4) is 0 Å². The number of likely N-dealkylation sites (tertiary alicyclic amines) is 1. The molecule has 2 bridgehead atoms. The Labute approximate surface area is 106 Å². The average molecular weight is 253 g/mol. The van der Waals surface area contributed by atoms with Crippen LogP contribution in [0.1, 0.15) is 27.2 Å². The molecular formula is C12H19N3O3. The van der Waals surface area contributed by atoms with Crippen LogP contribution < -0.4 is 11.1 Å². The number of hydrogen-bond acceptors (Lipinski definition) is 4. The summed E-state index contributed by atoms with van der Waals surface area (Å²) in [6.07, 6.45) is 0.375. The topological polar surface area (TPSA) is 84.7 Å². The summed E-state index contributed by atoms with van der Waals surface area (Å²) < 4.78 is 5.37. The number of ether oxygens (including phenoxy) is 1. The second kappa shape index (κ2) is 3.38. The van der Waals surface area contributed by atoms with Gasteiger partial charge in [-0.3, -0.25) is 9.69 Å². The largest absolute Gasteiger partial charge is 0.444 e. The van der Waals surface area contributed by atoms with Gasteiger partial charge in [-0.2, -0.15) is 0 Å². The van der Waals surface area contributed by atoms with Gasteiger partial charge in [0.2, 0.25) is 5.91 Å². The third kappa shape index (κ3) is 1.44. The summed E-state index contributed by atoms with van der Waals surface area (Å²) in [5.41, 5.74) is 5.53. The van der Waals surface area contributed by atoms with E-state index in [0.29, 0.717) is 0 Å². The van der Waals surface area contributed by atoms with Crippen molar-refractivity contribution in [3.05, 3.63) is 0 Å². The van der Waals surface area contributed by atoms with Gasteiger partial charge in [-0.25, -0.2) is 4.79 Å². The second-order valence-corrected chi connectivity index (χ2v) is 6.41. The van der Waals surface area contributed by atoms with Gasteiger partial charge in [-0.15, -0.1) is 0 Å². The zero-order valence-corrected chi connectivity index (χ0v) is 10.8. The normalized spacial score (nSPS) is 41.2. The highest BCUT2D eigenvalue weighted by Gasteiger charge is 2.64. The first kappa shape index (κ1) is 11.8. The molecule has 3 fully saturated rings. The van der Waals surface area contributed by atoms with E-state index in [-0.39, 0.29) is 36.0 Å². The number of nitrogens with one attached hydrogen (secondary N) is 1. The lowest BCUT2D eigenvalue weighted by atomic mass is 9.97. The molecule has 6 nitrogen and oxygen atoms in total. The van der Waals surface area contributed by atoms with Gasteiger partial charge in [-0.1, -0.05) is 0 Å². The molecule has 2 heterocycles. The summed E-state index contributed by atoms with van der Waals surface area (Å²) in [6.45, 7) is 5.45. The second-order valence-electron chi connectivity index (χ2n) is 6.41. The monoisotopic (exact) mass is 253 g/mol. The van der Waals surface area contributed by atoms with Crippen LogP contribution in [0.5, 0.6) is 0 Å². The number of rotatable bonds is 0. The van der Waals surface area contributed by atoms with E-state index >= 15 is 0 Å². The van der Waals surface area contributed by atoms with Gasteiger partial charge in [0, 0.05) is 12.0 Å². The van der Waals surface area contributed by atoms with Crippen LogP contribution in [0.2, 0.25) is 0 Å². The van der Waals surface area contributed by atoms with Crippen LogP contribution in [0.4, 0.5) is 4.79 Å². The van der Waals surface area contributed by atoms with E-state index in [2.05, 4.69) is 5.32 Å². The number of fused-ring (bicyclic) bond motifs is 1. The standard InChI is InChI=1S/C12H19N3O3/c1-12(2,3)18-11(17)15-6-4-5-8(7(6)13)14-10(16)9(5)15/h5-9H,4,13H2,1-3H3,(H,14,16)/t5-,6-,7+,8-,9+/m0/s1. The molecule has 6 heteroatoms. The first-order valence-electron chi connectivity index (χ1n) is 6.37. The number of amides is 2. The lowest BCUT2D eigenvalue weighted by Crippen LogP contribution is -2.57. The third-order valence-corrected chi connectivity index (χ3v) is 4.08. The van der Waals surface area contributed by atoms with Crippen LogP contribution in [0.25, 0.3) is 0 Å². The van der Waals surface area contributed by atoms with Crippen molar-refractivity contribution >= 4 is 12.0 Å². The molecule has 2 aliphatic heterocycles. The van der Waals surface area contributed by atoms with Crippen LogP contribution >= 0.6 is 0 Å². The maximum Gasteiger partial charge on any atom is 0.411 e. The van der Waals surface area contributed by atoms with Gasteiger partial charge in [0.1, 0.15) is 11.6 Å². The summed E-state index contributed by atoms with van der Waals surface area (Å²) in [7, 11) is 0. The highest BCUT2D eigenvalue weighted by molar-refractivity contribution is 5.90. The van der Waals surface area contributed by atoms with E-state index in [0.717, 1.165) is 6.42 Å². The summed E-state index contributed by atoms with van der Waals surface area (Å²) >= 11 is 0. The molecule has 0 aromatic carbocycles. The zero-order valence-electron chi connectivity index (χ0n) is 10.8. The lowest BCUT2D eigenvalue weighted by molar-refractivity contribution is -0.123. The Hall–Kier alpha value is -1.30. The fraction of sp³-hybridized carbons (Fsp3) is 0.833. The molecule has 2 saturated heterocycles. The fourth-order valence-electron chi connectivity index (χ4n) is 3.48. The van der Waals surface area contributed by atoms with Crippen LogP contribution in [-0.2, 0) is 9.53 Å².